The molecule has 168 valence electrons. The normalized spacial score (nSPS) is 14.5. The van der Waals surface area contributed by atoms with Gasteiger partial charge in [-0.15, -0.1) is 11.3 Å². The van der Waals surface area contributed by atoms with E-state index in [4.69, 9.17) is 0 Å². The summed E-state index contributed by atoms with van der Waals surface area (Å²) in [7, 11) is -2.06. The first-order valence-corrected chi connectivity index (χ1v) is 13.3. The number of hydrogen-bond acceptors (Lipinski definition) is 4. The van der Waals surface area contributed by atoms with Crippen molar-refractivity contribution in [2.45, 2.75) is 49.5 Å². The van der Waals surface area contributed by atoms with Crippen molar-refractivity contribution in [1.29, 1.82) is 0 Å². The van der Waals surface area contributed by atoms with Crippen molar-refractivity contribution >= 4 is 27.3 Å². The number of hydrogen-bond donors (Lipinski definition) is 2. The molecule has 5 nitrogen and oxygen atoms in total. The summed E-state index contributed by atoms with van der Waals surface area (Å²) in [6.07, 6.45) is 5.60. The molecule has 0 bridgehead atoms. The molecule has 1 unspecified atom stereocenters. The van der Waals surface area contributed by atoms with E-state index in [9.17, 15) is 13.2 Å². The van der Waals surface area contributed by atoms with Crippen LogP contribution in [-0.4, -0.2) is 21.4 Å². The van der Waals surface area contributed by atoms with E-state index in [-0.39, 0.29) is 16.8 Å². The maximum Gasteiger partial charge on any atom is 0.240 e. The summed E-state index contributed by atoms with van der Waals surface area (Å²) in [5.41, 5.74) is 4.89. The molecule has 7 heteroatoms. The largest absolute Gasteiger partial charge is 0.344 e. The van der Waals surface area contributed by atoms with E-state index in [0.29, 0.717) is 12.8 Å². The number of amides is 1. The average Bonchev–Trinajstić information content (AvgIpc) is 3.36. The summed E-state index contributed by atoms with van der Waals surface area (Å²) in [5.74, 6) is -0.0203. The van der Waals surface area contributed by atoms with E-state index >= 15 is 0 Å². The highest BCUT2D eigenvalue weighted by Crippen LogP contribution is 2.30. The number of carbonyl (C=O) groups excluding carboxylic acids is 1. The Kier molecular flexibility index (Phi) is 7.08. The lowest BCUT2D eigenvalue weighted by molar-refractivity contribution is -0.121. The zero-order valence-electron chi connectivity index (χ0n) is 18.1. The monoisotopic (exact) mass is 468 g/mol. The summed E-state index contributed by atoms with van der Waals surface area (Å²) in [6.45, 7) is 0. The van der Waals surface area contributed by atoms with Crippen molar-refractivity contribution in [1.82, 2.24) is 10.0 Å². The zero-order valence-corrected chi connectivity index (χ0v) is 19.8. The van der Waals surface area contributed by atoms with Crippen LogP contribution in [-0.2, 0) is 34.1 Å². The predicted octanol–water partition coefficient (Wildman–Crippen LogP) is 4.37. The summed E-state index contributed by atoms with van der Waals surface area (Å²) in [5, 5.41) is 5.26. The Morgan fingerprint density at radius 3 is 2.47 bits per heavy atom. The maximum absolute atomic E-state index is 12.8. The van der Waals surface area contributed by atoms with Gasteiger partial charge in [0.05, 0.1) is 10.9 Å². The molecular weight excluding hydrogens is 440 g/mol. The lowest BCUT2D eigenvalue weighted by Gasteiger charge is -2.22. The molecule has 1 heterocycles. The van der Waals surface area contributed by atoms with Crippen LogP contribution < -0.4 is 10.0 Å². The smallest absolute Gasteiger partial charge is 0.240 e. The van der Waals surface area contributed by atoms with Gasteiger partial charge in [0, 0.05) is 11.3 Å². The fourth-order valence-electron chi connectivity index (χ4n) is 4.15. The summed E-state index contributed by atoms with van der Waals surface area (Å²) < 4.78 is 26.0. The standard InChI is InChI=1S/C25H28N2O3S2/c1-26-32(29,30)22-13-8-18(9-14-22)10-15-24(28)27-25(23-7-4-16-31-23)21-12-11-19-5-2-3-6-20(19)17-21/h4,7-9,11-14,16-17,25-26H,2-3,5-6,10,15H2,1H3,(H,27,28). The van der Waals surface area contributed by atoms with E-state index in [1.165, 1.54) is 31.0 Å². The molecule has 0 aliphatic heterocycles. The Labute approximate surface area is 193 Å². The van der Waals surface area contributed by atoms with E-state index < -0.39 is 10.0 Å². The van der Waals surface area contributed by atoms with Crippen molar-refractivity contribution < 1.29 is 13.2 Å². The molecule has 0 spiro atoms. The lowest BCUT2D eigenvalue weighted by Crippen LogP contribution is -2.29. The van der Waals surface area contributed by atoms with Crippen LogP contribution in [0.5, 0.6) is 0 Å². The first kappa shape index (κ1) is 22.7. The van der Waals surface area contributed by atoms with E-state index in [2.05, 4.69) is 34.3 Å². The van der Waals surface area contributed by atoms with Crippen molar-refractivity contribution in [2.24, 2.45) is 0 Å². The molecular formula is C25H28N2O3S2. The van der Waals surface area contributed by atoms with Crippen molar-refractivity contribution in [3.05, 3.63) is 87.1 Å². The molecule has 1 aliphatic carbocycles. The minimum atomic E-state index is -3.45. The molecule has 0 saturated heterocycles. The van der Waals surface area contributed by atoms with Gasteiger partial charge in [-0.25, -0.2) is 13.1 Å². The highest BCUT2D eigenvalue weighted by molar-refractivity contribution is 7.89. The van der Waals surface area contributed by atoms with Crippen LogP contribution in [0.4, 0.5) is 0 Å². The van der Waals surface area contributed by atoms with Gasteiger partial charge in [-0.05, 0) is 85.0 Å². The number of nitrogens with one attached hydrogen (secondary N) is 2. The van der Waals surface area contributed by atoms with Crippen LogP contribution in [0.25, 0.3) is 0 Å². The minimum absolute atomic E-state index is 0.0203. The second-order valence-electron chi connectivity index (χ2n) is 8.10. The maximum atomic E-state index is 12.8. The number of fused-ring (bicyclic) bond motifs is 1. The van der Waals surface area contributed by atoms with Gasteiger partial charge in [0.25, 0.3) is 0 Å². The molecule has 2 N–H and O–H groups in total. The van der Waals surface area contributed by atoms with E-state index in [1.54, 1.807) is 35.6 Å². The van der Waals surface area contributed by atoms with Crippen molar-refractivity contribution in [2.75, 3.05) is 7.05 Å². The summed E-state index contributed by atoms with van der Waals surface area (Å²) in [4.78, 5) is 14.2. The van der Waals surface area contributed by atoms with Crippen LogP contribution in [0.2, 0.25) is 0 Å². The number of rotatable bonds is 8. The summed E-state index contributed by atoms with van der Waals surface area (Å²) in [6, 6.07) is 17.2. The van der Waals surface area contributed by atoms with Crippen LogP contribution in [0, 0.1) is 0 Å². The second-order valence-corrected chi connectivity index (χ2v) is 11.0. The fourth-order valence-corrected chi connectivity index (χ4v) is 5.68. The zero-order chi connectivity index (χ0) is 22.6. The molecule has 2 aromatic carbocycles. The first-order valence-electron chi connectivity index (χ1n) is 10.9. The van der Waals surface area contributed by atoms with Gasteiger partial charge in [0.2, 0.25) is 15.9 Å². The summed E-state index contributed by atoms with van der Waals surface area (Å²) >= 11 is 1.65. The molecule has 1 aliphatic rings. The lowest BCUT2D eigenvalue weighted by atomic mass is 9.89. The number of carbonyl (C=O) groups is 1. The van der Waals surface area contributed by atoms with Gasteiger partial charge in [-0.2, -0.15) is 0 Å². The van der Waals surface area contributed by atoms with Crippen molar-refractivity contribution in [3.8, 4) is 0 Å². The third kappa shape index (κ3) is 5.28. The van der Waals surface area contributed by atoms with Gasteiger partial charge in [-0.3, -0.25) is 4.79 Å². The Balaban J connectivity index is 1.45. The van der Waals surface area contributed by atoms with E-state index in [1.807, 2.05) is 11.4 Å². The third-order valence-electron chi connectivity index (χ3n) is 5.98. The molecule has 3 aromatic rings. The van der Waals surface area contributed by atoms with Gasteiger partial charge in [-0.1, -0.05) is 36.4 Å². The second kappa shape index (κ2) is 9.98. The van der Waals surface area contributed by atoms with Gasteiger partial charge in [0.1, 0.15) is 0 Å². The Hall–Kier alpha value is -2.48. The predicted molar refractivity (Wildman–Crippen MR) is 128 cm³/mol. The highest BCUT2D eigenvalue weighted by Gasteiger charge is 2.20. The molecule has 0 radical (unpaired) electrons. The number of sulfonamides is 1. The number of thiophene rings is 1. The Morgan fingerprint density at radius 1 is 1.03 bits per heavy atom. The molecule has 1 atom stereocenters. The number of benzene rings is 2. The molecule has 32 heavy (non-hydrogen) atoms. The van der Waals surface area contributed by atoms with Crippen LogP contribution >= 0.6 is 11.3 Å². The van der Waals surface area contributed by atoms with E-state index in [0.717, 1.165) is 28.8 Å². The molecule has 1 amide bonds. The van der Waals surface area contributed by atoms with Gasteiger partial charge >= 0.3 is 0 Å². The Bertz CT molecular complexity index is 1170. The van der Waals surface area contributed by atoms with Crippen molar-refractivity contribution in [3.63, 3.8) is 0 Å². The quantitative estimate of drug-likeness (QED) is 0.515. The topological polar surface area (TPSA) is 75.3 Å². The van der Waals surface area contributed by atoms with Crippen LogP contribution in [0.15, 0.2) is 64.9 Å². The van der Waals surface area contributed by atoms with Crippen LogP contribution in [0.3, 0.4) is 0 Å². The van der Waals surface area contributed by atoms with Gasteiger partial charge < -0.3 is 5.32 Å². The third-order valence-corrected chi connectivity index (χ3v) is 8.35. The molecule has 0 saturated carbocycles. The molecule has 1 aromatic heterocycles. The fraction of sp³-hybridized carbons (Fsp3) is 0.320. The van der Waals surface area contributed by atoms with Gasteiger partial charge in [0.15, 0.2) is 0 Å². The number of aryl methyl sites for hydroxylation is 3. The SMILES string of the molecule is CNS(=O)(=O)c1ccc(CCC(=O)NC(c2ccc3c(c2)CCCC3)c2cccs2)cc1. The molecule has 0 fully saturated rings. The minimum Gasteiger partial charge on any atom is -0.344 e. The van der Waals surface area contributed by atoms with Crippen LogP contribution in [0.1, 0.15) is 52.4 Å². The Morgan fingerprint density at radius 2 is 1.78 bits per heavy atom. The molecule has 4 rings (SSSR count). The first-order chi connectivity index (χ1) is 15.5. The highest BCUT2D eigenvalue weighted by atomic mass is 32.2. The average molecular weight is 469 g/mol.